The monoisotopic (exact) mass is 274 g/mol. The topological polar surface area (TPSA) is 34.0 Å². The molecule has 20 heavy (non-hydrogen) atoms. The first kappa shape index (κ1) is 13.9. The standard InChI is InChI=1S/C17H26N2O/c1-12(2)8-9-19-16-5-3-4-13(16)10-14(17(19)20)11-18-15-6-7-15/h10,12,15,18H,3-9,11H2,1-2H3. The van der Waals surface area contributed by atoms with E-state index in [0.29, 0.717) is 12.0 Å². The molecular weight excluding hydrogens is 248 g/mol. The molecule has 1 N–H and O–H groups in total. The maximum absolute atomic E-state index is 12.7. The zero-order chi connectivity index (χ0) is 14.1. The molecule has 1 aromatic heterocycles. The molecular formula is C17H26N2O. The average Bonchev–Trinajstić information content (AvgIpc) is 3.12. The Morgan fingerprint density at radius 1 is 1.35 bits per heavy atom. The fourth-order valence-electron chi connectivity index (χ4n) is 3.08. The van der Waals surface area contributed by atoms with Gasteiger partial charge in [-0.05, 0) is 56.1 Å². The van der Waals surface area contributed by atoms with Crippen molar-refractivity contribution >= 4 is 0 Å². The zero-order valence-electron chi connectivity index (χ0n) is 12.7. The third-order valence-electron chi connectivity index (χ3n) is 4.51. The number of pyridine rings is 1. The number of aryl methyl sites for hydroxylation is 1. The van der Waals surface area contributed by atoms with E-state index in [2.05, 4.69) is 29.8 Å². The lowest BCUT2D eigenvalue weighted by molar-refractivity contribution is 0.495. The van der Waals surface area contributed by atoms with Crippen molar-refractivity contribution in [1.82, 2.24) is 9.88 Å². The van der Waals surface area contributed by atoms with Gasteiger partial charge < -0.3 is 9.88 Å². The van der Waals surface area contributed by atoms with Crippen molar-refractivity contribution < 1.29 is 0 Å². The molecule has 0 aromatic carbocycles. The fourth-order valence-corrected chi connectivity index (χ4v) is 3.08. The molecule has 2 aliphatic rings. The van der Waals surface area contributed by atoms with Crippen molar-refractivity contribution in [3.8, 4) is 0 Å². The van der Waals surface area contributed by atoms with Crippen molar-refractivity contribution in [3.05, 3.63) is 33.2 Å². The molecule has 0 unspecified atom stereocenters. The van der Waals surface area contributed by atoms with Crippen LogP contribution in [-0.2, 0) is 25.9 Å². The number of nitrogens with one attached hydrogen (secondary N) is 1. The summed E-state index contributed by atoms with van der Waals surface area (Å²) in [5.74, 6) is 0.646. The molecule has 1 saturated carbocycles. The molecule has 0 atom stereocenters. The molecule has 0 radical (unpaired) electrons. The van der Waals surface area contributed by atoms with Crippen LogP contribution in [0.15, 0.2) is 10.9 Å². The molecule has 110 valence electrons. The summed E-state index contributed by atoms with van der Waals surface area (Å²) in [5.41, 5.74) is 3.95. The number of rotatable bonds is 6. The van der Waals surface area contributed by atoms with Gasteiger partial charge in [-0.3, -0.25) is 4.79 Å². The van der Waals surface area contributed by atoms with Gasteiger partial charge in [0.2, 0.25) is 0 Å². The van der Waals surface area contributed by atoms with Crippen molar-refractivity contribution in [2.24, 2.45) is 5.92 Å². The van der Waals surface area contributed by atoms with Crippen LogP contribution in [0.2, 0.25) is 0 Å². The summed E-state index contributed by atoms with van der Waals surface area (Å²) in [6.07, 6.45) is 7.06. The molecule has 0 spiro atoms. The number of hydrogen-bond donors (Lipinski definition) is 1. The van der Waals surface area contributed by atoms with Gasteiger partial charge in [0, 0.05) is 30.4 Å². The highest BCUT2D eigenvalue weighted by Crippen LogP contribution is 2.23. The summed E-state index contributed by atoms with van der Waals surface area (Å²) in [7, 11) is 0. The fraction of sp³-hybridized carbons (Fsp3) is 0.706. The number of nitrogens with zero attached hydrogens (tertiary/aromatic N) is 1. The van der Waals surface area contributed by atoms with E-state index in [1.165, 1.54) is 30.5 Å². The minimum absolute atomic E-state index is 0.249. The van der Waals surface area contributed by atoms with Gasteiger partial charge >= 0.3 is 0 Å². The molecule has 1 heterocycles. The van der Waals surface area contributed by atoms with Crippen LogP contribution in [-0.4, -0.2) is 10.6 Å². The Bertz CT molecular complexity index is 541. The van der Waals surface area contributed by atoms with Gasteiger partial charge in [-0.15, -0.1) is 0 Å². The maximum Gasteiger partial charge on any atom is 0.255 e. The molecule has 0 amide bonds. The van der Waals surface area contributed by atoms with Gasteiger partial charge in [0.1, 0.15) is 0 Å². The molecule has 0 bridgehead atoms. The summed E-state index contributed by atoms with van der Waals surface area (Å²) < 4.78 is 2.08. The van der Waals surface area contributed by atoms with Gasteiger partial charge in [0.25, 0.3) is 5.56 Å². The molecule has 3 heteroatoms. The zero-order valence-corrected chi connectivity index (χ0v) is 12.7. The van der Waals surface area contributed by atoms with E-state index in [-0.39, 0.29) is 5.56 Å². The summed E-state index contributed by atoms with van der Waals surface area (Å²) in [5, 5.41) is 3.48. The van der Waals surface area contributed by atoms with Crippen LogP contribution in [0, 0.1) is 5.92 Å². The third-order valence-corrected chi connectivity index (χ3v) is 4.51. The van der Waals surface area contributed by atoms with Gasteiger partial charge in [-0.2, -0.15) is 0 Å². The van der Waals surface area contributed by atoms with E-state index in [1.54, 1.807) is 0 Å². The Labute approximate surface area is 121 Å². The Hall–Kier alpha value is -1.09. The molecule has 0 saturated heterocycles. The van der Waals surface area contributed by atoms with E-state index in [0.717, 1.165) is 37.9 Å². The third kappa shape index (κ3) is 2.98. The second kappa shape index (κ2) is 5.72. The van der Waals surface area contributed by atoms with Crippen LogP contribution in [0.1, 0.15) is 56.4 Å². The Kier molecular flexibility index (Phi) is 3.97. The van der Waals surface area contributed by atoms with Crippen LogP contribution >= 0.6 is 0 Å². The Morgan fingerprint density at radius 3 is 2.85 bits per heavy atom. The smallest absolute Gasteiger partial charge is 0.255 e. The molecule has 1 aromatic rings. The van der Waals surface area contributed by atoms with Crippen molar-refractivity contribution in [2.45, 2.75) is 71.5 Å². The van der Waals surface area contributed by atoms with Crippen LogP contribution < -0.4 is 10.9 Å². The van der Waals surface area contributed by atoms with E-state index < -0.39 is 0 Å². The first-order valence-electron chi connectivity index (χ1n) is 8.13. The average molecular weight is 274 g/mol. The molecule has 0 aliphatic heterocycles. The number of hydrogen-bond acceptors (Lipinski definition) is 2. The van der Waals surface area contributed by atoms with Crippen LogP contribution in [0.5, 0.6) is 0 Å². The van der Waals surface area contributed by atoms with Gasteiger partial charge in [-0.1, -0.05) is 13.8 Å². The molecule has 3 rings (SSSR count). The van der Waals surface area contributed by atoms with Crippen LogP contribution in [0.25, 0.3) is 0 Å². The first-order chi connectivity index (χ1) is 9.65. The Morgan fingerprint density at radius 2 is 2.15 bits per heavy atom. The lowest BCUT2D eigenvalue weighted by Crippen LogP contribution is -2.30. The minimum Gasteiger partial charge on any atom is -0.312 e. The van der Waals surface area contributed by atoms with Crippen LogP contribution in [0.4, 0.5) is 0 Å². The van der Waals surface area contributed by atoms with Crippen molar-refractivity contribution in [3.63, 3.8) is 0 Å². The molecule has 2 aliphatic carbocycles. The number of aromatic nitrogens is 1. The molecule has 3 nitrogen and oxygen atoms in total. The summed E-state index contributed by atoms with van der Waals surface area (Å²) >= 11 is 0. The second-order valence-electron chi connectivity index (χ2n) is 6.79. The maximum atomic E-state index is 12.7. The SMILES string of the molecule is CC(C)CCn1c2c(cc(CNC3CC3)c1=O)CCC2. The predicted octanol–water partition coefficient (Wildman–Crippen LogP) is 2.64. The van der Waals surface area contributed by atoms with Gasteiger partial charge in [-0.25, -0.2) is 0 Å². The van der Waals surface area contributed by atoms with Crippen molar-refractivity contribution in [2.75, 3.05) is 0 Å². The Balaban J connectivity index is 1.86. The van der Waals surface area contributed by atoms with Gasteiger partial charge in [0.15, 0.2) is 0 Å². The summed E-state index contributed by atoms with van der Waals surface area (Å²) in [6.45, 7) is 6.09. The van der Waals surface area contributed by atoms with Crippen molar-refractivity contribution in [1.29, 1.82) is 0 Å². The van der Waals surface area contributed by atoms with E-state index >= 15 is 0 Å². The lowest BCUT2D eigenvalue weighted by atomic mass is 10.1. The predicted molar refractivity (Wildman–Crippen MR) is 82.0 cm³/mol. The minimum atomic E-state index is 0.249. The summed E-state index contributed by atoms with van der Waals surface area (Å²) in [6, 6.07) is 2.83. The highest BCUT2D eigenvalue weighted by Gasteiger charge is 2.22. The highest BCUT2D eigenvalue weighted by molar-refractivity contribution is 5.30. The summed E-state index contributed by atoms with van der Waals surface area (Å²) in [4.78, 5) is 12.7. The largest absolute Gasteiger partial charge is 0.312 e. The highest BCUT2D eigenvalue weighted by atomic mass is 16.1. The van der Waals surface area contributed by atoms with Gasteiger partial charge in [0.05, 0.1) is 0 Å². The molecule has 1 fully saturated rings. The quantitative estimate of drug-likeness (QED) is 0.865. The van der Waals surface area contributed by atoms with E-state index in [1.807, 2.05) is 0 Å². The normalized spacial score (nSPS) is 17.8. The lowest BCUT2D eigenvalue weighted by Gasteiger charge is -2.16. The first-order valence-corrected chi connectivity index (χ1v) is 8.13. The second-order valence-corrected chi connectivity index (χ2v) is 6.79. The van der Waals surface area contributed by atoms with Crippen LogP contribution in [0.3, 0.4) is 0 Å². The number of fused-ring (bicyclic) bond motifs is 1. The van der Waals surface area contributed by atoms with E-state index in [4.69, 9.17) is 0 Å². The van der Waals surface area contributed by atoms with E-state index in [9.17, 15) is 4.79 Å².